The standard InChI is InChI=1S/C20H14O3/c21-19-14(10-9-13-5-1-2-6-16(13)19)11-15-12-23-18-8-4-3-7-17(18)20(15)22/h1-8,11-12H,9-10H2/b14-11+. The van der Waals surface area contributed by atoms with Crippen LogP contribution in [0.1, 0.15) is 27.9 Å². The fourth-order valence-electron chi connectivity index (χ4n) is 3.03. The van der Waals surface area contributed by atoms with Crippen LogP contribution in [0.3, 0.4) is 0 Å². The smallest absolute Gasteiger partial charge is 0.199 e. The molecule has 0 fully saturated rings. The van der Waals surface area contributed by atoms with Crippen molar-refractivity contribution < 1.29 is 9.21 Å². The molecule has 0 saturated heterocycles. The van der Waals surface area contributed by atoms with Gasteiger partial charge in [-0.15, -0.1) is 0 Å². The summed E-state index contributed by atoms with van der Waals surface area (Å²) in [6, 6.07) is 14.8. The molecule has 1 heterocycles. The Hall–Kier alpha value is -2.94. The predicted octanol–water partition coefficient (Wildman–Crippen LogP) is 4.01. The van der Waals surface area contributed by atoms with E-state index in [2.05, 4.69) is 0 Å². The number of fused-ring (bicyclic) bond motifs is 2. The molecule has 0 saturated carbocycles. The molecule has 1 aromatic heterocycles. The normalized spacial score (nSPS) is 15.8. The quantitative estimate of drug-likeness (QED) is 0.638. The van der Waals surface area contributed by atoms with Crippen molar-refractivity contribution in [3.63, 3.8) is 0 Å². The number of rotatable bonds is 1. The molecule has 112 valence electrons. The highest BCUT2D eigenvalue weighted by molar-refractivity contribution is 6.13. The Bertz CT molecular complexity index is 1010. The Morgan fingerprint density at radius 1 is 0.913 bits per heavy atom. The predicted molar refractivity (Wildman–Crippen MR) is 89.6 cm³/mol. The lowest BCUT2D eigenvalue weighted by molar-refractivity contribution is 0.102. The number of benzene rings is 2. The highest BCUT2D eigenvalue weighted by Crippen LogP contribution is 2.26. The molecule has 0 unspecified atom stereocenters. The lowest BCUT2D eigenvalue weighted by Crippen LogP contribution is -2.15. The molecule has 0 radical (unpaired) electrons. The average Bonchev–Trinajstić information content (AvgIpc) is 2.60. The van der Waals surface area contributed by atoms with Crippen LogP contribution in [-0.4, -0.2) is 5.78 Å². The Labute approximate surface area is 132 Å². The van der Waals surface area contributed by atoms with E-state index in [1.165, 1.54) is 6.26 Å². The van der Waals surface area contributed by atoms with Crippen LogP contribution < -0.4 is 5.43 Å². The van der Waals surface area contributed by atoms with Gasteiger partial charge in [-0.1, -0.05) is 36.4 Å². The lowest BCUT2D eigenvalue weighted by Gasteiger charge is -2.17. The molecule has 0 amide bonds. The van der Waals surface area contributed by atoms with E-state index < -0.39 is 0 Å². The maximum Gasteiger partial charge on any atom is 0.199 e. The molecule has 0 bridgehead atoms. The monoisotopic (exact) mass is 302 g/mol. The third-order valence-electron chi connectivity index (χ3n) is 4.25. The molecule has 3 nitrogen and oxygen atoms in total. The van der Waals surface area contributed by atoms with E-state index in [1.54, 1.807) is 24.3 Å². The molecule has 0 atom stereocenters. The van der Waals surface area contributed by atoms with E-state index in [0.29, 0.717) is 28.5 Å². The van der Waals surface area contributed by atoms with Gasteiger partial charge in [0.25, 0.3) is 0 Å². The van der Waals surface area contributed by atoms with Gasteiger partial charge in [0, 0.05) is 11.1 Å². The van der Waals surface area contributed by atoms with Gasteiger partial charge in [-0.05, 0) is 36.6 Å². The van der Waals surface area contributed by atoms with Gasteiger partial charge >= 0.3 is 0 Å². The first-order valence-corrected chi connectivity index (χ1v) is 7.58. The van der Waals surface area contributed by atoms with Crippen LogP contribution in [-0.2, 0) is 6.42 Å². The summed E-state index contributed by atoms with van der Waals surface area (Å²) in [4.78, 5) is 25.1. The van der Waals surface area contributed by atoms with Crippen molar-refractivity contribution >= 4 is 22.8 Å². The SMILES string of the molecule is O=C1/C(=C/c2coc3ccccc3c2=O)CCc2ccccc21. The first-order chi connectivity index (χ1) is 11.2. The number of allylic oxidation sites excluding steroid dienone is 1. The van der Waals surface area contributed by atoms with Crippen LogP contribution in [0.4, 0.5) is 0 Å². The highest BCUT2D eigenvalue weighted by Gasteiger charge is 2.21. The topological polar surface area (TPSA) is 47.3 Å². The van der Waals surface area contributed by atoms with Crippen LogP contribution in [0.5, 0.6) is 0 Å². The van der Waals surface area contributed by atoms with E-state index in [0.717, 1.165) is 17.5 Å². The van der Waals surface area contributed by atoms with Crippen LogP contribution >= 0.6 is 0 Å². The van der Waals surface area contributed by atoms with Crippen LogP contribution in [0, 0.1) is 0 Å². The van der Waals surface area contributed by atoms with Crippen molar-refractivity contribution in [1.82, 2.24) is 0 Å². The summed E-state index contributed by atoms with van der Waals surface area (Å²) in [7, 11) is 0. The van der Waals surface area contributed by atoms with Gasteiger partial charge in [0.05, 0.1) is 10.9 Å². The highest BCUT2D eigenvalue weighted by atomic mass is 16.3. The number of aryl methyl sites for hydroxylation is 1. The molecule has 3 aromatic rings. The van der Waals surface area contributed by atoms with E-state index in [4.69, 9.17) is 4.42 Å². The summed E-state index contributed by atoms with van der Waals surface area (Å²) < 4.78 is 5.51. The number of Topliss-reactive ketones (excluding diaryl/α,β-unsaturated/α-hetero) is 1. The zero-order valence-electron chi connectivity index (χ0n) is 12.4. The first kappa shape index (κ1) is 13.7. The Balaban J connectivity index is 1.81. The van der Waals surface area contributed by atoms with Crippen LogP contribution in [0.2, 0.25) is 0 Å². The molecular weight excluding hydrogens is 288 g/mol. The number of hydrogen-bond acceptors (Lipinski definition) is 3. The van der Waals surface area contributed by atoms with Crippen molar-refractivity contribution in [1.29, 1.82) is 0 Å². The molecule has 4 rings (SSSR count). The second-order valence-corrected chi connectivity index (χ2v) is 5.67. The number of carbonyl (C=O) groups excluding carboxylic acids is 1. The summed E-state index contributed by atoms with van der Waals surface area (Å²) in [5.74, 6) is -0.000548. The molecular formula is C20H14O3. The largest absolute Gasteiger partial charge is 0.463 e. The Kier molecular flexibility index (Phi) is 3.19. The zero-order chi connectivity index (χ0) is 15.8. The van der Waals surface area contributed by atoms with Gasteiger partial charge < -0.3 is 4.42 Å². The second-order valence-electron chi connectivity index (χ2n) is 5.67. The van der Waals surface area contributed by atoms with E-state index in [1.807, 2.05) is 30.3 Å². The van der Waals surface area contributed by atoms with Gasteiger partial charge in [-0.3, -0.25) is 9.59 Å². The molecule has 1 aliphatic rings. The summed E-state index contributed by atoms with van der Waals surface area (Å²) in [5.41, 5.74) is 3.33. The molecule has 0 aliphatic heterocycles. The van der Waals surface area contributed by atoms with Crippen LogP contribution in [0.15, 0.2) is 69.6 Å². The number of carbonyl (C=O) groups is 1. The van der Waals surface area contributed by atoms with E-state index in [9.17, 15) is 9.59 Å². The van der Waals surface area contributed by atoms with Crippen molar-refractivity contribution in [2.24, 2.45) is 0 Å². The van der Waals surface area contributed by atoms with Crippen molar-refractivity contribution in [2.75, 3.05) is 0 Å². The molecule has 2 aromatic carbocycles. The minimum Gasteiger partial charge on any atom is -0.463 e. The Morgan fingerprint density at radius 2 is 1.70 bits per heavy atom. The summed E-state index contributed by atoms with van der Waals surface area (Å²) >= 11 is 0. The Morgan fingerprint density at radius 3 is 2.61 bits per heavy atom. The van der Waals surface area contributed by atoms with Gasteiger partial charge in [0.1, 0.15) is 11.8 Å². The number of para-hydroxylation sites is 1. The summed E-state index contributed by atoms with van der Waals surface area (Å²) in [6.45, 7) is 0. The van der Waals surface area contributed by atoms with Crippen molar-refractivity contribution in [3.05, 3.63) is 87.3 Å². The minimum absolute atomic E-state index is 0.000548. The maximum atomic E-state index is 12.6. The zero-order valence-corrected chi connectivity index (χ0v) is 12.4. The van der Waals surface area contributed by atoms with Gasteiger partial charge in [-0.25, -0.2) is 0 Å². The number of ketones is 1. The summed E-state index contributed by atoms with van der Waals surface area (Å²) in [5, 5.41) is 0.533. The average molecular weight is 302 g/mol. The maximum absolute atomic E-state index is 12.6. The molecule has 0 spiro atoms. The third kappa shape index (κ3) is 2.30. The third-order valence-corrected chi connectivity index (χ3v) is 4.25. The van der Waals surface area contributed by atoms with Crippen molar-refractivity contribution in [2.45, 2.75) is 12.8 Å². The molecule has 0 N–H and O–H groups in total. The van der Waals surface area contributed by atoms with Crippen molar-refractivity contribution in [3.8, 4) is 0 Å². The molecule has 23 heavy (non-hydrogen) atoms. The number of hydrogen-bond donors (Lipinski definition) is 0. The van der Waals surface area contributed by atoms with Gasteiger partial charge in [0.15, 0.2) is 11.2 Å². The lowest BCUT2D eigenvalue weighted by atomic mass is 9.86. The van der Waals surface area contributed by atoms with Crippen LogP contribution in [0.25, 0.3) is 17.0 Å². The van der Waals surface area contributed by atoms with Gasteiger partial charge in [0.2, 0.25) is 0 Å². The first-order valence-electron chi connectivity index (χ1n) is 7.58. The van der Waals surface area contributed by atoms with E-state index >= 15 is 0 Å². The second kappa shape index (κ2) is 5.36. The van der Waals surface area contributed by atoms with E-state index in [-0.39, 0.29) is 11.2 Å². The fraction of sp³-hybridized carbons (Fsp3) is 0.100. The molecule has 1 aliphatic carbocycles. The summed E-state index contributed by atoms with van der Waals surface area (Å²) in [6.07, 6.45) is 4.57. The minimum atomic E-state index is -0.106. The molecule has 3 heteroatoms. The fourth-order valence-corrected chi connectivity index (χ4v) is 3.03. The van der Waals surface area contributed by atoms with Gasteiger partial charge in [-0.2, -0.15) is 0 Å².